The Kier molecular flexibility index (Phi) is 21.7. The number of fused-ring (bicyclic) bond motifs is 12. The number of hydrogen-bond acceptors (Lipinski definition) is 10. The number of β-amino-alcohol motifs (C(OH)–C–C–N with tert-alkyl or cyclic N) is 1. The van der Waals surface area contributed by atoms with Crippen molar-refractivity contribution in [2.45, 2.75) is 241 Å². The maximum atomic E-state index is 13.6. The molecule has 518 valence electrons. The predicted octanol–water partition coefficient (Wildman–Crippen LogP) is 16.5. The van der Waals surface area contributed by atoms with Crippen molar-refractivity contribution in [3.05, 3.63) is 94.1 Å². The maximum Gasteiger partial charge on any atom is 0.261 e. The Hall–Kier alpha value is -3.84. The first-order chi connectivity index (χ1) is 45.0. The van der Waals surface area contributed by atoms with Crippen LogP contribution in [0, 0.1) is 98.6 Å². The van der Waals surface area contributed by atoms with E-state index in [9.17, 15) is 29.4 Å². The normalized spacial score (nSPS) is 35.0. The number of ether oxygens (including phenoxy) is 2. The van der Waals surface area contributed by atoms with E-state index in [1.54, 1.807) is 47.5 Å². The molecule has 1 aliphatic heterocycles. The standard InChI is InChI=1S/C83H123N3O8/c1-53(2)17-15-19-55(5)70-29-31-72-67-27-25-57-47-59(33-37-80(57,7)74(67)35-39-82(70,72)9)84(50-61(87)49-69-76(89)63-21-11-12-22-64(63)77(69)90)41-43-93-45-46-94-44-42-85(51-62(88)52-86-78(91)65-23-13-14-24-66(65)79(86)92)60-34-38-81(8)58(48-60)26-28-68-73-32-30-71(56(6)20-16-18-54(3)4)83(73,10)40-36-75(68)81/h11-14,21-26,53-56,59-62,67-75,87-88H,15-20,27-52H2,1-10H3. The van der Waals surface area contributed by atoms with Crippen molar-refractivity contribution < 1.29 is 38.9 Å². The molecular formula is C83H123N3O8. The minimum absolute atomic E-state index is 0.0531. The lowest BCUT2D eigenvalue weighted by atomic mass is 9.46. The molecule has 11 nitrogen and oxygen atoms in total. The van der Waals surface area contributed by atoms with Gasteiger partial charge in [0.05, 0.1) is 62.2 Å². The zero-order valence-electron chi connectivity index (χ0n) is 59.9. The minimum atomic E-state index is -0.925. The van der Waals surface area contributed by atoms with Crippen LogP contribution in [-0.2, 0) is 9.47 Å². The molecule has 2 N–H and O–H groups in total. The number of ketones is 2. The molecule has 0 radical (unpaired) electrons. The molecule has 0 spiro atoms. The van der Waals surface area contributed by atoms with Crippen LogP contribution in [0.3, 0.4) is 0 Å². The van der Waals surface area contributed by atoms with Crippen molar-refractivity contribution in [1.29, 1.82) is 0 Å². The number of imide groups is 1. The number of allylic oxidation sites excluding steroid dienone is 2. The van der Waals surface area contributed by atoms with Crippen molar-refractivity contribution >= 4 is 23.4 Å². The van der Waals surface area contributed by atoms with Crippen LogP contribution in [0.15, 0.2) is 71.8 Å². The van der Waals surface area contributed by atoms with Crippen molar-refractivity contribution in [3.8, 4) is 0 Å². The Morgan fingerprint density at radius 3 is 1.37 bits per heavy atom. The third-order valence-corrected chi connectivity index (χ3v) is 28.8. The van der Waals surface area contributed by atoms with Crippen molar-refractivity contribution in [2.75, 3.05) is 59.2 Å². The summed E-state index contributed by atoms with van der Waals surface area (Å²) in [5.41, 5.74) is 6.19. The number of Topliss-reactive ketones (excluding diaryl/α,β-unsaturated/α-hetero) is 2. The predicted molar refractivity (Wildman–Crippen MR) is 375 cm³/mol. The summed E-state index contributed by atoms with van der Waals surface area (Å²) in [6, 6.07) is 14.5. The van der Waals surface area contributed by atoms with Gasteiger partial charge in [0.1, 0.15) is 0 Å². The number of carbonyl (C=O) groups is 4. The van der Waals surface area contributed by atoms with Gasteiger partial charge in [-0.3, -0.25) is 33.9 Å². The first kappa shape index (κ1) is 70.0. The third kappa shape index (κ3) is 13.7. The van der Waals surface area contributed by atoms with Gasteiger partial charge >= 0.3 is 0 Å². The summed E-state index contributed by atoms with van der Waals surface area (Å²) >= 11 is 0. The zero-order valence-corrected chi connectivity index (χ0v) is 59.9. The fourth-order valence-electron chi connectivity index (χ4n) is 23.7. The second kappa shape index (κ2) is 29.2. The largest absolute Gasteiger partial charge is 0.392 e. The van der Waals surface area contributed by atoms with Crippen LogP contribution >= 0.6 is 0 Å². The van der Waals surface area contributed by atoms with Crippen molar-refractivity contribution in [2.24, 2.45) is 98.6 Å². The molecule has 2 aromatic carbocycles. The molecule has 11 heteroatoms. The van der Waals surface area contributed by atoms with Crippen LogP contribution in [0.25, 0.3) is 0 Å². The van der Waals surface area contributed by atoms with Gasteiger partial charge in [0.25, 0.3) is 11.8 Å². The van der Waals surface area contributed by atoms with Gasteiger partial charge in [0.2, 0.25) is 0 Å². The SMILES string of the molecule is CC(C)CCCC(C)C1CCC2C3CC=C4CC(N(CCOCCOCCN(CC(O)CN5C(=O)c6ccccc6C5=O)C5CCC6(C)C(=CCC7C6CCC6(C)C(C(C)CCCC(C)C)CCC76)C5)CC(O)CC5C(=O)c6ccccc6C5=O)CCC4(C)C3CCC12C. The molecule has 0 saturated heterocycles. The Bertz CT molecular complexity index is 2810. The van der Waals surface area contributed by atoms with E-state index < -0.39 is 18.1 Å². The van der Waals surface area contributed by atoms with Gasteiger partial charge in [-0.25, -0.2) is 0 Å². The Labute approximate surface area is 567 Å². The van der Waals surface area contributed by atoms with E-state index in [1.165, 1.54) is 108 Å². The van der Waals surface area contributed by atoms with E-state index in [1.807, 2.05) is 12.1 Å². The second-order valence-electron chi connectivity index (χ2n) is 34.7. The number of hydrogen-bond donors (Lipinski definition) is 2. The lowest BCUT2D eigenvalue weighted by molar-refractivity contribution is -0.0577. The molecule has 6 fully saturated rings. The lowest BCUT2D eigenvalue weighted by Crippen LogP contribution is -2.53. The Balaban J connectivity index is 0.676. The van der Waals surface area contributed by atoms with Crippen molar-refractivity contribution in [3.63, 3.8) is 0 Å². The van der Waals surface area contributed by atoms with Crippen LogP contribution in [0.2, 0.25) is 0 Å². The molecule has 9 aliphatic carbocycles. The second-order valence-corrected chi connectivity index (χ2v) is 34.7. The number of rotatable bonds is 29. The van der Waals surface area contributed by atoms with E-state index in [-0.39, 0.29) is 59.3 Å². The molecule has 0 bridgehead atoms. The molecule has 18 atom stereocenters. The average molecular weight is 1290 g/mol. The number of aliphatic hydroxyl groups excluding tert-OH is 2. The quantitative estimate of drug-likeness (QED) is 0.0351. The lowest BCUT2D eigenvalue weighted by Gasteiger charge is -2.59. The Morgan fingerprint density at radius 1 is 0.511 bits per heavy atom. The van der Waals surface area contributed by atoms with Crippen LogP contribution in [0.1, 0.15) is 258 Å². The summed E-state index contributed by atoms with van der Waals surface area (Å²) < 4.78 is 12.9. The molecular weight excluding hydrogens is 1170 g/mol. The summed E-state index contributed by atoms with van der Waals surface area (Å²) in [6.07, 6.45) is 31.3. The monoisotopic (exact) mass is 1290 g/mol. The molecule has 18 unspecified atom stereocenters. The van der Waals surface area contributed by atoms with Crippen LogP contribution < -0.4 is 0 Å². The van der Waals surface area contributed by atoms with Gasteiger partial charge in [-0.05, 0) is 214 Å². The van der Waals surface area contributed by atoms with E-state index in [2.05, 4.69) is 91.2 Å². The molecule has 2 aromatic rings. The summed E-state index contributed by atoms with van der Waals surface area (Å²) in [5.74, 6) is 7.43. The van der Waals surface area contributed by atoms with Crippen LogP contribution in [0.4, 0.5) is 0 Å². The molecule has 12 rings (SSSR count). The number of aliphatic hydroxyl groups is 2. The van der Waals surface area contributed by atoms with E-state index in [0.29, 0.717) is 97.5 Å². The highest BCUT2D eigenvalue weighted by atomic mass is 16.5. The molecule has 0 aromatic heterocycles. The molecule has 10 aliphatic rings. The van der Waals surface area contributed by atoms with Crippen LogP contribution in [0.5, 0.6) is 0 Å². The van der Waals surface area contributed by atoms with E-state index in [4.69, 9.17) is 9.47 Å². The molecule has 6 saturated carbocycles. The number of nitrogens with zero attached hydrogens (tertiary/aromatic N) is 3. The Morgan fingerprint density at radius 2 is 0.936 bits per heavy atom. The van der Waals surface area contributed by atoms with Gasteiger partial charge in [-0.1, -0.05) is 167 Å². The molecule has 94 heavy (non-hydrogen) atoms. The summed E-state index contributed by atoms with van der Waals surface area (Å²) in [7, 11) is 0. The zero-order chi connectivity index (χ0) is 66.4. The van der Waals surface area contributed by atoms with Crippen molar-refractivity contribution in [1.82, 2.24) is 14.7 Å². The van der Waals surface area contributed by atoms with Crippen LogP contribution in [-0.4, -0.2) is 132 Å². The first-order valence-corrected chi connectivity index (χ1v) is 38.5. The average Bonchev–Trinajstić information content (AvgIpc) is 1.39. The van der Waals surface area contributed by atoms with E-state index >= 15 is 0 Å². The summed E-state index contributed by atoms with van der Waals surface area (Å²) in [4.78, 5) is 60.4. The van der Waals surface area contributed by atoms with Gasteiger partial charge in [0.15, 0.2) is 11.6 Å². The summed E-state index contributed by atoms with van der Waals surface area (Å²) in [5, 5.41) is 23.9. The number of amides is 2. The summed E-state index contributed by atoms with van der Waals surface area (Å²) in [6.45, 7) is 28.8. The van der Waals surface area contributed by atoms with Gasteiger partial charge in [-0.2, -0.15) is 0 Å². The van der Waals surface area contributed by atoms with Gasteiger partial charge in [0, 0.05) is 49.4 Å². The number of carbonyl (C=O) groups excluding carboxylic acids is 4. The topological polar surface area (TPSA) is 137 Å². The fraction of sp³-hybridized carbons (Fsp3) is 0.759. The molecule has 1 heterocycles. The maximum absolute atomic E-state index is 13.6. The third-order valence-electron chi connectivity index (χ3n) is 28.8. The molecule has 2 amide bonds. The van der Waals surface area contributed by atoms with Gasteiger partial charge in [-0.15, -0.1) is 0 Å². The smallest absolute Gasteiger partial charge is 0.261 e. The van der Waals surface area contributed by atoms with Gasteiger partial charge < -0.3 is 19.7 Å². The van der Waals surface area contributed by atoms with E-state index in [0.717, 1.165) is 97.7 Å². The highest BCUT2D eigenvalue weighted by Gasteiger charge is 2.61. The minimum Gasteiger partial charge on any atom is -0.392 e. The highest BCUT2D eigenvalue weighted by Crippen LogP contribution is 2.69. The fourth-order valence-corrected chi connectivity index (χ4v) is 23.7. The highest BCUT2D eigenvalue weighted by molar-refractivity contribution is 6.26. The number of benzene rings is 2. The first-order valence-electron chi connectivity index (χ1n) is 38.5.